The Bertz CT molecular complexity index is 519. The summed E-state index contributed by atoms with van der Waals surface area (Å²) in [5.74, 6) is -0.671. The average molecular weight is 333 g/mol. The monoisotopic (exact) mass is 333 g/mol. The van der Waals surface area contributed by atoms with Gasteiger partial charge in [0.2, 0.25) is 0 Å². The van der Waals surface area contributed by atoms with E-state index in [0.29, 0.717) is 6.61 Å². The Labute approximate surface area is 145 Å². The lowest BCUT2D eigenvalue weighted by molar-refractivity contribution is -0.143. The van der Waals surface area contributed by atoms with Crippen LogP contribution in [0.15, 0.2) is 24.3 Å². The summed E-state index contributed by atoms with van der Waals surface area (Å²) in [5.41, 5.74) is 1.45. The van der Waals surface area contributed by atoms with E-state index in [1.165, 1.54) is 0 Å². The molecule has 0 radical (unpaired) electrons. The van der Waals surface area contributed by atoms with Crippen LogP contribution in [0, 0.1) is 0 Å². The van der Waals surface area contributed by atoms with Crippen LogP contribution in [0.25, 0.3) is 0 Å². The molecule has 2 rings (SSSR count). The molecule has 0 atom stereocenters. The van der Waals surface area contributed by atoms with Crippen LogP contribution in [0.3, 0.4) is 0 Å². The van der Waals surface area contributed by atoms with Gasteiger partial charge in [0.05, 0.1) is 18.6 Å². The van der Waals surface area contributed by atoms with Crippen molar-refractivity contribution in [1.29, 1.82) is 0 Å². The second-order valence-corrected chi connectivity index (χ2v) is 6.64. The van der Waals surface area contributed by atoms with Crippen molar-refractivity contribution in [3.8, 4) is 0 Å². The van der Waals surface area contributed by atoms with Gasteiger partial charge in [-0.2, -0.15) is 0 Å². The van der Waals surface area contributed by atoms with E-state index >= 15 is 0 Å². The standard InChI is InChI=1S/C20H31NO3/c1-3-21(4-2)14-16-24-15-11-17-9-5-6-10-18(17)20(19(22)23)12-7-8-13-20/h5-6,9-10H,3-4,7-8,11-16H2,1-2H3,(H,22,23). The number of nitrogens with zero attached hydrogens (tertiary/aromatic N) is 1. The van der Waals surface area contributed by atoms with Gasteiger partial charge in [-0.1, -0.05) is 51.0 Å². The largest absolute Gasteiger partial charge is 0.481 e. The minimum atomic E-state index is -0.683. The fraction of sp³-hybridized carbons (Fsp3) is 0.650. The van der Waals surface area contributed by atoms with E-state index in [4.69, 9.17) is 4.74 Å². The number of carbonyl (C=O) groups is 1. The lowest BCUT2D eigenvalue weighted by Crippen LogP contribution is -2.34. The van der Waals surface area contributed by atoms with Crippen LogP contribution in [0.2, 0.25) is 0 Å². The Hall–Kier alpha value is -1.39. The Morgan fingerprint density at radius 3 is 2.46 bits per heavy atom. The highest BCUT2D eigenvalue weighted by Gasteiger charge is 2.43. The zero-order valence-corrected chi connectivity index (χ0v) is 15.1. The lowest BCUT2D eigenvalue weighted by Gasteiger charge is -2.27. The van der Waals surface area contributed by atoms with E-state index in [1.807, 2.05) is 18.2 Å². The zero-order chi connectivity index (χ0) is 17.4. The lowest BCUT2D eigenvalue weighted by atomic mass is 9.76. The molecule has 134 valence electrons. The topological polar surface area (TPSA) is 49.8 Å². The maximum atomic E-state index is 12.0. The molecule has 1 aromatic rings. The number of aliphatic carboxylic acids is 1. The van der Waals surface area contributed by atoms with E-state index < -0.39 is 11.4 Å². The molecule has 1 aliphatic carbocycles. The predicted molar refractivity (Wildman–Crippen MR) is 96.5 cm³/mol. The number of hydrogen-bond donors (Lipinski definition) is 1. The first-order valence-electron chi connectivity index (χ1n) is 9.26. The van der Waals surface area contributed by atoms with Gasteiger partial charge in [0.1, 0.15) is 0 Å². The molecule has 1 N–H and O–H groups in total. The van der Waals surface area contributed by atoms with Crippen molar-refractivity contribution in [3.63, 3.8) is 0 Å². The number of hydrogen-bond acceptors (Lipinski definition) is 3. The fourth-order valence-electron chi connectivity index (χ4n) is 3.80. The van der Waals surface area contributed by atoms with Crippen molar-refractivity contribution in [2.45, 2.75) is 51.4 Å². The van der Waals surface area contributed by atoms with Gasteiger partial charge in [0.15, 0.2) is 0 Å². The zero-order valence-electron chi connectivity index (χ0n) is 15.1. The number of likely N-dealkylation sites (N-methyl/N-ethyl adjacent to an activating group) is 1. The van der Waals surface area contributed by atoms with E-state index in [1.54, 1.807) is 0 Å². The molecule has 0 unspecified atom stereocenters. The van der Waals surface area contributed by atoms with E-state index in [9.17, 15) is 9.90 Å². The van der Waals surface area contributed by atoms with Crippen molar-refractivity contribution < 1.29 is 14.6 Å². The molecule has 4 heteroatoms. The van der Waals surface area contributed by atoms with Crippen molar-refractivity contribution in [1.82, 2.24) is 4.90 Å². The minimum Gasteiger partial charge on any atom is -0.481 e. The SMILES string of the molecule is CCN(CC)CCOCCc1ccccc1C1(C(=O)O)CCCC1. The van der Waals surface area contributed by atoms with Gasteiger partial charge in [0, 0.05) is 6.54 Å². The summed E-state index contributed by atoms with van der Waals surface area (Å²) in [4.78, 5) is 14.3. The van der Waals surface area contributed by atoms with Crippen LogP contribution in [-0.2, 0) is 21.4 Å². The molecule has 0 amide bonds. The summed E-state index contributed by atoms with van der Waals surface area (Å²) in [6.45, 7) is 8.74. The first-order chi connectivity index (χ1) is 11.6. The fourth-order valence-corrected chi connectivity index (χ4v) is 3.80. The Kier molecular flexibility index (Phi) is 7.25. The second-order valence-electron chi connectivity index (χ2n) is 6.64. The number of ether oxygens (including phenoxy) is 1. The van der Waals surface area contributed by atoms with Crippen molar-refractivity contribution in [2.75, 3.05) is 32.8 Å². The van der Waals surface area contributed by atoms with Crippen LogP contribution in [0.1, 0.15) is 50.7 Å². The van der Waals surface area contributed by atoms with Crippen LogP contribution in [0.5, 0.6) is 0 Å². The highest BCUT2D eigenvalue weighted by Crippen LogP contribution is 2.42. The molecule has 0 aliphatic heterocycles. The molecule has 24 heavy (non-hydrogen) atoms. The Morgan fingerprint density at radius 1 is 1.17 bits per heavy atom. The second kappa shape index (κ2) is 9.19. The molecular formula is C20H31NO3. The molecule has 1 fully saturated rings. The smallest absolute Gasteiger partial charge is 0.314 e. The van der Waals surface area contributed by atoms with Gasteiger partial charge in [0.25, 0.3) is 0 Å². The minimum absolute atomic E-state index is 0.647. The first kappa shape index (κ1) is 18.9. The maximum absolute atomic E-state index is 12.0. The summed E-state index contributed by atoms with van der Waals surface area (Å²) in [7, 11) is 0. The predicted octanol–water partition coefficient (Wildman–Crippen LogP) is 3.48. The van der Waals surface area contributed by atoms with Gasteiger partial charge in [-0.05, 0) is 43.5 Å². The number of benzene rings is 1. The van der Waals surface area contributed by atoms with Crippen LogP contribution in [0.4, 0.5) is 0 Å². The molecule has 0 spiro atoms. The van der Waals surface area contributed by atoms with Gasteiger partial charge >= 0.3 is 5.97 Å². The normalized spacial score (nSPS) is 16.6. The third kappa shape index (κ3) is 4.37. The molecular weight excluding hydrogens is 302 g/mol. The summed E-state index contributed by atoms with van der Waals surface area (Å²) in [6, 6.07) is 8.03. The average Bonchev–Trinajstić information content (AvgIpc) is 3.09. The Balaban J connectivity index is 1.96. The summed E-state index contributed by atoms with van der Waals surface area (Å²) in [6.07, 6.45) is 4.29. The Morgan fingerprint density at radius 2 is 1.83 bits per heavy atom. The summed E-state index contributed by atoms with van der Waals surface area (Å²) < 4.78 is 5.79. The molecule has 1 aliphatic rings. The van der Waals surface area contributed by atoms with Gasteiger partial charge in [-0.3, -0.25) is 4.79 Å². The highest BCUT2D eigenvalue weighted by molar-refractivity contribution is 5.82. The first-order valence-corrected chi connectivity index (χ1v) is 9.26. The van der Waals surface area contributed by atoms with Crippen LogP contribution >= 0.6 is 0 Å². The highest BCUT2D eigenvalue weighted by atomic mass is 16.5. The van der Waals surface area contributed by atoms with Gasteiger partial charge in [-0.25, -0.2) is 0 Å². The van der Waals surface area contributed by atoms with E-state index in [2.05, 4.69) is 24.8 Å². The number of rotatable bonds is 10. The third-order valence-corrected chi connectivity index (χ3v) is 5.36. The van der Waals surface area contributed by atoms with E-state index in [-0.39, 0.29) is 0 Å². The molecule has 1 saturated carbocycles. The quantitative estimate of drug-likeness (QED) is 0.666. The van der Waals surface area contributed by atoms with Crippen molar-refractivity contribution >= 4 is 5.97 Å². The maximum Gasteiger partial charge on any atom is 0.314 e. The third-order valence-electron chi connectivity index (χ3n) is 5.36. The molecule has 0 saturated heterocycles. The van der Waals surface area contributed by atoms with E-state index in [0.717, 1.165) is 69.5 Å². The van der Waals surface area contributed by atoms with Crippen molar-refractivity contribution in [3.05, 3.63) is 35.4 Å². The molecule has 0 heterocycles. The van der Waals surface area contributed by atoms with Crippen LogP contribution < -0.4 is 0 Å². The van der Waals surface area contributed by atoms with Gasteiger partial charge in [-0.15, -0.1) is 0 Å². The molecule has 0 aromatic heterocycles. The van der Waals surface area contributed by atoms with Crippen molar-refractivity contribution in [2.24, 2.45) is 0 Å². The molecule has 0 bridgehead atoms. The number of carboxylic acids is 1. The van der Waals surface area contributed by atoms with Crippen LogP contribution in [-0.4, -0.2) is 48.8 Å². The molecule has 1 aromatic carbocycles. The summed E-state index contributed by atoms with van der Waals surface area (Å²) in [5, 5.41) is 9.83. The number of carboxylic acid groups (broad SMARTS) is 1. The molecule has 4 nitrogen and oxygen atoms in total. The van der Waals surface area contributed by atoms with Gasteiger partial charge < -0.3 is 14.7 Å². The summed E-state index contributed by atoms with van der Waals surface area (Å²) >= 11 is 0.